The van der Waals surface area contributed by atoms with E-state index >= 15 is 0 Å². The molecule has 0 saturated heterocycles. The lowest BCUT2D eigenvalue weighted by molar-refractivity contribution is -0.159. The fourth-order valence-corrected chi connectivity index (χ4v) is 2.00. The standard InChI is InChI=1S/C17H22O7/c1-3-23-14(19)10-9-13(18)11-5-7-12(8-6-11)15(20)16(21)17(22)24-4-2/h5-8,15-16,20-21H,3-4,9-10H2,1-2H3. The summed E-state index contributed by atoms with van der Waals surface area (Å²) < 4.78 is 9.39. The second-order valence-corrected chi connectivity index (χ2v) is 4.99. The molecular formula is C17H22O7. The van der Waals surface area contributed by atoms with Crippen LogP contribution in [0.15, 0.2) is 24.3 Å². The minimum absolute atomic E-state index is 0.00137. The van der Waals surface area contributed by atoms with Gasteiger partial charge in [0.1, 0.15) is 6.10 Å². The molecule has 1 aromatic rings. The molecule has 1 rings (SSSR count). The van der Waals surface area contributed by atoms with E-state index in [0.717, 1.165) is 0 Å². The van der Waals surface area contributed by atoms with Crippen LogP contribution in [0.4, 0.5) is 0 Å². The van der Waals surface area contributed by atoms with Gasteiger partial charge in [0.05, 0.1) is 19.6 Å². The predicted octanol–water partition coefficient (Wildman–Crippen LogP) is 1.17. The molecular weight excluding hydrogens is 316 g/mol. The third kappa shape index (κ3) is 5.75. The van der Waals surface area contributed by atoms with Crippen LogP contribution in [-0.2, 0) is 19.1 Å². The Bertz CT molecular complexity index is 565. The van der Waals surface area contributed by atoms with Crippen molar-refractivity contribution in [2.24, 2.45) is 0 Å². The van der Waals surface area contributed by atoms with E-state index in [0.29, 0.717) is 5.56 Å². The molecule has 7 heteroatoms. The predicted molar refractivity (Wildman–Crippen MR) is 84.2 cm³/mol. The molecule has 1 aromatic carbocycles. The second kappa shape index (κ2) is 9.79. The Balaban J connectivity index is 2.66. The molecule has 24 heavy (non-hydrogen) atoms. The summed E-state index contributed by atoms with van der Waals surface area (Å²) in [4.78, 5) is 34.6. The number of carbonyl (C=O) groups is 3. The van der Waals surface area contributed by atoms with Gasteiger partial charge in [-0.25, -0.2) is 4.79 Å². The number of hydrogen-bond acceptors (Lipinski definition) is 7. The molecule has 2 unspecified atom stereocenters. The average molecular weight is 338 g/mol. The maximum atomic E-state index is 12.0. The second-order valence-electron chi connectivity index (χ2n) is 4.99. The van der Waals surface area contributed by atoms with E-state index in [-0.39, 0.29) is 37.4 Å². The lowest BCUT2D eigenvalue weighted by Gasteiger charge is -2.16. The molecule has 0 aliphatic carbocycles. The molecule has 0 aliphatic rings. The van der Waals surface area contributed by atoms with Crippen LogP contribution in [0.5, 0.6) is 0 Å². The van der Waals surface area contributed by atoms with Gasteiger partial charge in [-0.2, -0.15) is 0 Å². The number of benzene rings is 1. The van der Waals surface area contributed by atoms with Gasteiger partial charge in [0.25, 0.3) is 0 Å². The van der Waals surface area contributed by atoms with Gasteiger partial charge in [-0.3, -0.25) is 9.59 Å². The molecule has 0 aliphatic heterocycles. The first-order chi connectivity index (χ1) is 11.4. The Hall–Kier alpha value is -2.25. The normalized spacial score (nSPS) is 13.0. The van der Waals surface area contributed by atoms with Gasteiger partial charge in [0, 0.05) is 12.0 Å². The molecule has 0 bridgehead atoms. The van der Waals surface area contributed by atoms with Crippen LogP contribution in [0, 0.1) is 0 Å². The van der Waals surface area contributed by atoms with Crippen molar-refractivity contribution in [2.75, 3.05) is 13.2 Å². The van der Waals surface area contributed by atoms with Crippen LogP contribution >= 0.6 is 0 Å². The lowest BCUT2D eigenvalue weighted by Crippen LogP contribution is -2.29. The largest absolute Gasteiger partial charge is 0.466 e. The van der Waals surface area contributed by atoms with E-state index in [1.165, 1.54) is 24.3 Å². The van der Waals surface area contributed by atoms with Gasteiger partial charge in [-0.1, -0.05) is 24.3 Å². The molecule has 0 spiro atoms. The summed E-state index contributed by atoms with van der Waals surface area (Å²) in [5, 5.41) is 19.7. The highest BCUT2D eigenvalue weighted by molar-refractivity contribution is 5.97. The van der Waals surface area contributed by atoms with Crippen molar-refractivity contribution in [2.45, 2.75) is 38.9 Å². The van der Waals surface area contributed by atoms with Gasteiger partial charge in [0.15, 0.2) is 11.9 Å². The van der Waals surface area contributed by atoms with E-state index < -0.39 is 24.1 Å². The third-order valence-electron chi connectivity index (χ3n) is 3.26. The molecule has 0 radical (unpaired) electrons. The topological polar surface area (TPSA) is 110 Å². The molecule has 0 heterocycles. The number of ether oxygens (including phenoxy) is 2. The lowest BCUT2D eigenvalue weighted by atomic mass is 10.00. The zero-order valence-electron chi connectivity index (χ0n) is 13.7. The van der Waals surface area contributed by atoms with Crippen LogP contribution in [0.1, 0.15) is 48.7 Å². The average Bonchev–Trinajstić information content (AvgIpc) is 2.59. The van der Waals surface area contributed by atoms with Crippen LogP contribution in [0.2, 0.25) is 0 Å². The van der Waals surface area contributed by atoms with Crippen molar-refractivity contribution in [3.63, 3.8) is 0 Å². The van der Waals surface area contributed by atoms with E-state index in [4.69, 9.17) is 4.74 Å². The summed E-state index contributed by atoms with van der Waals surface area (Å²) in [7, 11) is 0. The molecule has 0 aromatic heterocycles. The summed E-state index contributed by atoms with van der Waals surface area (Å²) in [6, 6.07) is 5.79. The van der Waals surface area contributed by atoms with Crippen molar-refractivity contribution in [3.05, 3.63) is 35.4 Å². The number of rotatable bonds is 9. The molecule has 7 nitrogen and oxygen atoms in total. The van der Waals surface area contributed by atoms with E-state index in [9.17, 15) is 24.6 Å². The smallest absolute Gasteiger partial charge is 0.338 e. The Morgan fingerprint density at radius 3 is 2.08 bits per heavy atom. The van der Waals surface area contributed by atoms with Crippen molar-refractivity contribution in [1.29, 1.82) is 0 Å². The number of esters is 2. The molecule has 2 atom stereocenters. The number of carbonyl (C=O) groups excluding carboxylic acids is 3. The van der Waals surface area contributed by atoms with Gasteiger partial charge in [0.2, 0.25) is 0 Å². The highest BCUT2D eigenvalue weighted by atomic mass is 16.5. The number of Topliss-reactive ketones (excluding diaryl/α,β-unsaturated/α-hetero) is 1. The van der Waals surface area contributed by atoms with E-state index in [1.807, 2.05) is 0 Å². The first kappa shape index (κ1) is 19.8. The summed E-state index contributed by atoms with van der Waals surface area (Å²) in [5.74, 6) is -1.59. The monoisotopic (exact) mass is 338 g/mol. The number of ketones is 1. The molecule has 2 N–H and O–H groups in total. The summed E-state index contributed by atoms with van der Waals surface area (Å²) in [6.45, 7) is 3.64. The quantitative estimate of drug-likeness (QED) is 0.513. The van der Waals surface area contributed by atoms with Crippen LogP contribution in [0.25, 0.3) is 0 Å². The summed E-state index contributed by atoms with van der Waals surface area (Å²) >= 11 is 0. The number of aliphatic hydroxyl groups is 2. The van der Waals surface area contributed by atoms with Gasteiger partial charge in [-0.05, 0) is 19.4 Å². The Kier molecular flexibility index (Phi) is 8.08. The van der Waals surface area contributed by atoms with Crippen LogP contribution in [0.3, 0.4) is 0 Å². The molecule has 132 valence electrons. The fourth-order valence-electron chi connectivity index (χ4n) is 2.00. The molecule has 0 fully saturated rings. The fraction of sp³-hybridized carbons (Fsp3) is 0.471. The number of hydrogen-bond donors (Lipinski definition) is 2. The van der Waals surface area contributed by atoms with Crippen molar-refractivity contribution < 1.29 is 34.1 Å². The first-order valence-corrected chi connectivity index (χ1v) is 7.72. The van der Waals surface area contributed by atoms with Gasteiger partial charge >= 0.3 is 11.9 Å². The molecule has 0 saturated carbocycles. The molecule has 0 amide bonds. The van der Waals surface area contributed by atoms with E-state index in [1.54, 1.807) is 13.8 Å². The number of aliphatic hydroxyl groups excluding tert-OH is 2. The maximum absolute atomic E-state index is 12.0. The summed E-state index contributed by atoms with van der Waals surface area (Å²) in [6.07, 6.45) is -3.13. The maximum Gasteiger partial charge on any atom is 0.338 e. The van der Waals surface area contributed by atoms with Crippen LogP contribution in [-0.4, -0.2) is 47.3 Å². The van der Waals surface area contributed by atoms with Crippen LogP contribution < -0.4 is 0 Å². The minimum atomic E-state index is -1.70. The Morgan fingerprint density at radius 1 is 0.958 bits per heavy atom. The van der Waals surface area contributed by atoms with Crippen molar-refractivity contribution in [1.82, 2.24) is 0 Å². The van der Waals surface area contributed by atoms with Crippen molar-refractivity contribution in [3.8, 4) is 0 Å². The summed E-state index contributed by atoms with van der Waals surface area (Å²) in [5.41, 5.74) is 0.637. The zero-order chi connectivity index (χ0) is 18.1. The first-order valence-electron chi connectivity index (χ1n) is 7.72. The van der Waals surface area contributed by atoms with E-state index in [2.05, 4.69) is 4.74 Å². The zero-order valence-corrected chi connectivity index (χ0v) is 13.7. The third-order valence-corrected chi connectivity index (χ3v) is 3.26. The SMILES string of the molecule is CCOC(=O)CCC(=O)c1ccc(C(O)C(O)C(=O)OCC)cc1. The van der Waals surface area contributed by atoms with Crippen molar-refractivity contribution >= 4 is 17.7 Å². The highest BCUT2D eigenvalue weighted by Gasteiger charge is 2.27. The Morgan fingerprint density at radius 2 is 1.54 bits per heavy atom. The van der Waals surface area contributed by atoms with Gasteiger partial charge in [-0.15, -0.1) is 0 Å². The van der Waals surface area contributed by atoms with Gasteiger partial charge < -0.3 is 19.7 Å². The Labute approximate surface area is 140 Å². The highest BCUT2D eigenvalue weighted by Crippen LogP contribution is 2.19. The minimum Gasteiger partial charge on any atom is -0.466 e.